The van der Waals surface area contributed by atoms with Crippen LogP contribution in [-0.4, -0.2) is 11.0 Å². The molecule has 0 aliphatic rings. The van der Waals surface area contributed by atoms with Crippen molar-refractivity contribution in [1.29, 1.82) is 0 Å². The highest BCUT2D eigenvalue weighted by molar-refractivity contribution is 9.10. The number of carbonyl (C=O) groups excluding carboxylic acids is 1. The minimum Gasteiger partial charge on any atom is -0.507 e. The van der Waals surface area contributed by atoms with E-state index in [4.69, 9.17) is 5.73 Å². The Morgan fingerprint density at radius 2 is 2.08 bits per heavy atom. The number of hydrogen-bond acceptors (Lipinski definition) is 2. The SMILES string of the molecule is Cc1cc(Br)c(C)c(C(N)=O)c1O. The summed E-state index contributed by atoms with van der Waals surface area (Å²) in [6.45, 7) is 3.44. The van der Waals surface area contributed by atoms with Gasteiger partial charge < -0.3 is 10.8 Å². The standard InChI is InChI=1S/C9H10BrNO2/c1-4-3-6(10)5(2)7(8(4)12)9(11)13/h3,12H,1-2H3,(H2,11,13). The van der Waals surface area contributed by atoms with Gasteiger partial charge in [0.05, 0.1) is 5.56 Å². The van der Waals surface area contributed by atoms with E-state index in [1.807, 2.05) is 0 Å². The normalized spacial score (nSPS) is 10.1. The molecule has 0 atom stereocenters. The van der Waals surface area contributed by atoms with Crippen LogP contribution in [0.3, 0.4) is 0 Å². The molecule has 0 heterocycles. The highest BCUT2D eigenvalue weighted by Gasteiger charge is 2.15. The molecule has 3 nitrogen and oxygen atoms in total. The lowest BCUT2D eigenvalue weighted by molar-refractivity contribution is 0.0997. The average molecular weight is 244 g/mol. The Kier molecular flexibility index (Phi) is 2.61. The zero-order chi connectivity index (χ0) is 10.2. The molecule has 70 valence electrons. The number of carbonyl (C=O) groups is 1. The number of aromatic hydroxyl groups is 1. The first-order valence-corrected chi connectivity index (χ1v) is 4.53. The van der Waals surface area contributed by atoms with Crippen molar-refractivity contribution in [1.82, 2.24) is 0 Å². The molecule has 0 fully saturated rings. The Hall–Kier alpha value is -1.03. The molecule has 0 saturated carbocycles. The number of phenols is 1. The molecule has 0 aliphatic heterocycles. The number of halogens is 1. The molecule has 4 heteroatoms. The van der Waals surface area contributed by atoms with Gasteiger partial charge in [0, 0.05) is 4.47 Å². The smallest absolute Gasteiger partial charge is 0.252 e. The fraction of sp³-hybridized carbons (Fsp3) is 0.222. The van der Waals surface area contributed by atoms with Crippen LogP contribution in [0.25, 0.3) is 0 Å². The lowest BCUT2D eigenvalue weighted by Gasteiger charge is -2.09. The van der Waals surface area contributed by atoms with Crippen LogP contribution < -0.4 is 5.73 Å². The molecule has 3 N–H and O–H groups in total. The molecule has 0 saturated heterocycles. The lowest BCUT2D eigenvalue weighted by atomic mass is 10.0. The summed E-state index contributed by atoms with van der Waals surface area (Å²) in [5, 5.41) is 9.55. The zero-order valence-electron chi connectivity index (χ0n) is 7.39. The molecule has 0 radical (unpaired) electrons. The molecule has 1 aromatic rings. The monoisotopic (exact) mass is 243 g/mol. The van der Waals surface area contributed by atoms with Crippen LogP contribution in [0.5, 0.6) is 5.75 Å². The first-order chi connectivity index (χ1) is 5.95. The quantitative estimate of drug-likeness (QED) is 0.792. The van der Waals surface area contributed by atoms with E-state index in [2.05, 4.69) is 15.9 Å². The summed E-state index contributed by atoms with van der Waals surface area (Å²) in [5.74, 6) is -0.646. The van der Waals surface area contributed by atoms with Gasteiger partial charge in [-0.05, 0) is 31.0 Å². The molecule has 0 unspecified atom stereocenters. The van der Waals surface area contributed by atoms with E-state index in [-0.39, 0.29) is 11.3 Å². The van der Waals surface area contributed by atoms with Crippen molar-refractivity contribution < 1.29 is 9.90 Å². The van der Waals surface area contributed by atoms with Gasteiger partial charge in [0.2, 0.25) is 0 Å². The van der Waals surface area contributed by atoms with Crippen LogP contribution >= 0.6 is 15.9 Å². The Morgan fingerprint density at radius 1 is 1.54 bits per heavy atom. The molecule has 1 amide bonds. The number of nitrogens with two attached hydrogens (primary N) is 1. The van der Waals surface area contributed by atoms with E-state index in [0.29, 0.717) is 11.1 Å². The van der Waals surface area contributed by atoms with Crippen molar-refractivity contribution >= 4 is 21.8 Å². The molecule has 1 aromatic carbocycles. The van der Waals surface area contributed by atoms with Gasteiger partial charge in [0.15, 0.2) is 0 Å². The maximum absolute atomic E-state index is 11.0. The van der Waals surface area contributed by atoms with Crippen LogP contribution in [0.15, 0.2) is 10.5 Å². The number of amides is 1. The van der Waals surface area contributed by atoms with Crippen LogP contribution in [0.4, 0.5) is 0 Å². The number of rotatable bonds is 1. The number of primary amides is 1. The van der Waals surface area contributed by atoms with Crippen LogP contribution in [0, 0.1) is 13.8 Å². The van der Waals surface area contributed by atoms with Gasteiger partial charge in [-0.2, -0.15) is 0 Å². The van der Waals surface area contributed by atoms with Gasteiger partial charge in [-0.25, -0.2) is 0 Å². The summed E-state index contributed by atoms with van der Waals surface area (Å²) in [6, 6.07) is 1.75. The number of aryl methyl sites for hydroxylation is 1. The van der Waals surface area contributed by atoms with E-state index < -0.39 is 5.91 Å². The molecule has 1 rings (SSSR count). The summed E-state index contributed by atoms with van der Waals surface area (Å²) in [6.07, 6.45) is 0. The Labute approximate surface area is 84.7 Å². The molecule has 0 spiro atoms. The van der Waals surface area contributed by atoms with E-state index >= 15 is 0 Å². The molecule has 0 aliphatic carbocycles. The molecule has 0 bridgehead atoms. The van der Waals surface area contributed by atoms with Crippen LogP contribution in [-0.2, 0) is 0 Å². The van der Waals surface area contributed by atoms with Crippen LogP contribution in [0.1, 0.15) is 21.5 Å². The summed E-state index contributed by atoms with van der Waals surface area (Å²) in [7, 11) is 0. The van der Waals surface area contributed by atoms with Crippen LogP contribution in [0.2, 0.25) is 0 Å². The average Bonchev–Trinajstić information content (AvgIpc) is 2.01. The Bertz CT molecular complexity index is 348. The van der Waals surface area contributed by atoms with Gasteiger partial charge in [0.1, 0.15) is 5.75 Å². The third-order valence-electron chi connectivity index (χ3n) is 1.93. The van der Waals surface area contributed by atoms with E-state index in [1.165, 1.54) is 0 Å². The Balaban J connectivity index is 3.56. The van der Waals surface area contributed by atoms with Crippen molar-refractivity contribution in [3.63, 3.8) is 0 Å². The topological polar surface area (TPSA) is 63.3 Å². The summed E-state index contributed by atoms with van der Waals surface area (Å²) < 4.78 is 0.775. The summed E-state index contributed by atoms with van der Waals surface area (Å²) in [4.78, 5) is 11.0. The van der Waals surface area contributed by atoms with Gasteiger partial charge in [-0.1, -0.05) is 15.9 Å². The summed E-state index contributed by atoms with van der Waals surface area (Å²) in [5.41, 5.74) is 6.61. The second-order valence-electron chi connectivity index (χ2n) is 2.89. The maximum Gasteiger partial charge on any atom is 0.252 e. The highest BCUT2D eigenvalue weighted by atomic mass is 79.9. The van der Waals surface area contributed by atoms with Crippen molar-refractivity contribution in [2.45, 2.75) is 13.8 Å². The minimum atomic E-state index is -0.612. The van der Waals surface area contributed by atoms with Gasteiger partial charge in [-0.3, -0.25) is 4.79 Å². The van der Waals surface area contributed by atoms with E-state index in [1.54, 1.807) is 19.9 Å². The van der Waals surface area contributed by atoms with E-state index in [0.717, 1.165) is 4.47 Å². The zero-order valence-corrected chi connectivity index (χ0v) is 8.97. The third kappa shape index (κ3) is 1.67. The minimum absolute atomic E-state index is 0.0341. The Morgan fingerprint density at radius 3 is 2.54 bits per heavy atom. The predicted octanol–water partition coefficient (Wildman–Crippen LogP) is 1.87. The second-order valence-corrected chi connectivity index (χ2v) is 3.74. The largest absolute Gasteiger partial charge is 0.507 e. The summed E-state index contributed by atoms with van der Waals surface area (Å²) >= 11 is 3.28. The fourth-order valence-corrected chi connectivity index (χ4v) is 1.70. The van der Waals surface area contributed by atoms with E-state index in [9.17, 15) is 9.90 Å². The fourth-order valence-electron chi connectivity index (χ4n) is 1.16. The molecule has 13 heavy (non-hydrogen) atoms. The number of hydrogen-bond donors (Lipinski definition) is 2. The van der Waals surface area contributed by atoms with Crippen molar-refractivity contribution in [2.75, 3.05) is 0 Å². The predicted molar refractivity (Wildman–Crippen MR) is 53.8 cm³/mol. The van der Waals surface area contributed by atoms with Crippen molar-refractivity contribution in [2.24, 2.45) is 5.73 Å². The highest BCUT2D eigenvalue weighted by Crippen LogP contribution is 2.30. The van der Waals surface area contributed by atoms with Gasteiger partial charge >= 0.3 is 0 Å². The van der Waals surface area contributed by atoms with Crippen molar-refractivity contribution in [3.05, 3.63) is 27.2 Å². The molecular weight excluding hydrogens is 234 g/mol. The first-order valence-electron chi connectivity index (χ1n) is 3.73. The van der Waals surface area contributed by atoms with Gasteiger partial charge in [-0.15, -0.1) is 0 Å². The second kappa shape index (κ2) is 3.38. The molecule has 0 aromatic heterocycles. The van der Waals surface area contributed by atoms with Gasteiger partial charge in [0.25, 0.3) is 5.91 Å². The number of benzene rings is 1. The third-order valence-corrected chi connectivity index (χ3v) is 2.76. The lowest BCUT2D eigenvalue weighted by Crippen LogP contribution is -2.13. The molecular formula is C9H10BrNO2. The van der Waals surface area contributed by atoms with Crippen molar-refractivity contribution in [3.8, 4) is 5.75 Å². The maximum atomic E-state index is 11.0. The first kappa shape index (κ1) is 10.1.